The Hall–Kier alpha value is -1.07. The maximum Gasteiger partial charge on any atom is 0.224 e. The molecule has 0 aliphatic rings. The molecule has 0 spiro atoms. The fraction of sp³-hybridized carbons (Fsp3) is 0.692. The Labute approximate surface area is 118 Å². The molecule has 0 fully saturated rings. The second kappa shape index (κ2) is 7.50. The number of aliphatic hydroxyl groups is 1. The summed E-state index contributed by atoms with van der Waals surface area (Å²) in [5.74, 6) is 0.258. The van der Waals surface area contributed by atoms with E-state index in [0.717, 1.165) is 17.7 Å². The molecule has 1 heterocycles. The second-order valence-corrected chi connectivity index (χ2v) is 5.10. The van der Waals surface area contributed by atoms with Crippen LogP contribution in [-0.2, 0) is 18.3 Å². The molecule has 1 atom stereocenters. The topological polar surface area (TPSA) is 67.2 Å². The highest BCUT2D eigenvalue weighted by atomic mass is 35.5. The molecule has 1 aromatic rings. The van der Waals surface area contributed by atoms with Gasteiger partial charge in [-0.25, -0.2) is 0 Å². The zero-order valence-electron chi connectivity index (χ0n) is 11.7. The van der Waals surface area contributed by atoms with Crippen molar-refractivity contribution in [1.29, 1.82) is 0 Å². The van der Waals surface area contributed by atoms with Gasteiger partial charge in [-0.15, -0.1) is 0 Å². The van der Waals surface area contributed by atoms with Gasteiger partial charge in [-0.1, -0.05) is 24.9 Å². The van der Waals surface area contributed by atoms with Crippen LogP contribution < -0.4 is 5.32 Å². The van der Waals surface area contributed by atoms with Gasteiger partial charge < -0.3 is 10.4 Å². The van der Waals surface area contributed by atoms with E-state index in [1.54, 1.807) is 11.7 Å². The van der Waals surface area contributed by atoms with Crippen molar-refractivity contribution >= 4 is 17.5 Å². The van der Waals surface area contributed by atoms with Crippen LogP contribution in [0.5, 0.6) is 0 Å². The van der Waals surface area contributed by atoms with E-state index in [1.165, 1.54) is 0 Å². The van der Waals surface area contributed by atoms with Crippen LogP contribution in [-0.4, -0.2) is 33.9 Å². The van der Waals surface area contributed by atoms with Gasteiger partial charge in [0, 0.05) is 25.8 Å². The zero-order chi connectivity index (χ0) is 14.4. The van der Waals surface area contributed by atoms with Gasteiger partial charge >= 0.3 is 0 Å². The predicted molar refractivity (Wildman–Crippen MR) is 75.2 cm³/mol. The molecule has 0 bridgehead atoms. The Bertz CT molecular complexity index is 432. The van der Waals surface area contributed by atoms with Crippen molar-refractivity contribution in [2.45, 2.75) is 33.1 Å². The van der Waals surface area contributed by atoms with Gasteiger partial charge in [-0.3, -0.25) is 9.48 Å². The third-order valence-electron chi connectivity index (χ3n) is 3.31. The molecule has 0 aromatic carbocycles. The van der Waals surface area contributed by atoms with E-state index in [0.29, 0.717) is 24.0 Å². The summed E-state index contributed by atoms with van der Waals surface area (Å²) in [6.07, 6.45) is 1.89. The first-order valence-corrected chi connectivity index (χ1v) is 6.92. The van der Waals surface area contributed by atoms with E-state index in [1.807, 2.05) is 6.92 Å². The van der Waals surface area contributed by atoms with Crippen LogP contribution in [0.4, 0.5) is 0 Å². The highest BCUT2D eigenvalue weighted by Crippen LogP contribution is 2.19. The molecule has 5 nitrogen and oxygen atoms in total. The minimum Gasteiger partial charge on any atom is -0.396 e. The number of aromatic nitrogens is 2. The summed E-state index contributed by atoms with van der Waals surface area (Å²) >= 11 is 6.09. The van der Waals surface area contributed by atoms with Crippen LogP contribution in [0.15, 0.2) is 0 Å². The van der Waals surface area contributed by atoms with Gasteiger partial charge in [-0.2, -0.15) is 5.10 Å². The van der Waals surface area contributed by atoms with E-state index in [4.69, 9.17) is 16.7 Å². The molecule has 108 valence electrons. The van der Waals surface area contributed by atoms with Crippen LogP contribution in [0.25, 0.3) is 0 Å². The molecule has 2 N–H and O–H groups in total. The van der Waals surface area contributed by atoms with Crippen molar-refractivity contribution in [3.05, 3.63) is 16.4 Å². The third kappa shape index (κ3) is 4.51. The molecule has 1 rings (SSSR count). The van der Waals surface area contributed by atoms with E-state index < -0.39 is 0 Å². The van der Waals surface area contributed by atoms with Crippen molar-refractivity contribution in [3.63, 3.8) is 0 Å². The molecule has 1 aromatic heterocycles. The summed E-state index contributed by atoms with van der Waals surface area (Å²) in [5.41, 5.74) is 1.56. The molecular weight excluding hydrogens is 266 g/mol. The number of aryl methyl sites for hydroxylation is 2. The lowest BCUT2D eigenvalue weighted by molar-refractivity contribution is -0.120. The zero-order valence-corrected chi connectivity index (χ0v) is 12.5. The molecule has 0 aliphatic carbocycles. The molecule has 19 heavy (non-hydrogen) atoms. The number of amides is 1. The number of hydrogen-bond acceptors (Lipinski definition) is 3. The maximum absolute atomic E-state index is 11.9. The Balaban J connectivity index is 2.51. The van der Waals surface area contributed by atoms with E-state index >= 15 is 0 Å². The van der Waals surface area contributed by atoms with E-state index in [9.17, 15) is 4.79 Å². The summed E-state index contributed by atoms with van der Waals surface area (Å²) in [7, 11) is 1.76. The van der Waals surface area contributed by atoms with Crippen LogP contribution in [0.2, 0.25) is 5.15 Å². The number of nitrogens with one attached hydrogen (secondary N) is 1. The fourth-order valence-electron chi connectivity index (χ4n) is 1.99. The molecule has 0 saturated carbocycles. The summed E-state index contributed by atoms with van der Waals surface area (Å²) in [5, 5.41) is 16.5. The number of nitrogens with zero attached hydrogens (tertiary/aromatic N) is 2. The lowest BCUT2D eigenvalue weighted by Crippen LogP contribution is -2.30. The van der Waals surface area contributed by atoms with Crippen molar-refractivity contribution in [3.8, 4) is 0 Å². The van der Waals surface area contributed by atoms with Crippen molar-refractivity contribution in [1.82, 2.24) is 15.1 Å². The lowest BCUT2D eigenvalue weighted by atomic mass is 10.0. The summed E-state index contributed by atoms with van der Waals surface area (Å²) in [6, 6.07) is 0. The SMILES string of the molecule is CCC(CCO)CNC(=O)Cc1c(C)nn(C)c1Cl. The number of aliphatic hydroxyl groups excluding tert-OH is 1. The lowest BCUT2D eigenvalue weighted by Gasteiger charge is -2.14. The van der Waals surface area contributed by atoms with Crippen LogP contribution in [0, 0.1) is 12.8 Å². The van der Waals surface area contributed by atoms with Crippen molar-refractivity contribution in [2.75, 3.05) is 13.2 Å². The first-order chi connectivity index (χ1) is 8.99. The molecule has 0 saturated heterocycles. The van der Waals surface area contributed by atoms with Crippen LogP contribution in [0.3, 0.4) is 0 Å². The highest BCUT2D eigenvalue weighted by Gasteiger charge is 2.15. The Kier molecular flexibility index (Phi) is 6.31. The Morgan fingerprint density at radius 2 is 2.26 bits per heavy atom. The number of carbonyl (C=O) groups excluding carboxylic acids is 1. The highest BCUT2D eigenvalue weighted by molar-refractivity contribution is 6.30. The average Bonchev–Trinajstić information content (AvgIpc) is 2.61. The first-order valence-electron chi connectivity index (χ1n) is 6.55. The van der Waals surface area contributed by atoms with Gasteiger partial charge in [0.25, 0.3) is 0 Å². The van der Waals surface area contributed by atoms with Gasteiger partial charge in [0.1, 0.15) is 5.15 Å². The Morgan fingerprint density at radius 1 is 1.58 bits per heavy atom. The molecule has 1 unspecified atom stereocenters. The van der Waals surface area contributed by atoms with Crippen molar-refractivity contribution in [2.24, 2.45) is 13.0 Å². The van der Waals surface area contributed by atoms with Gasteiger partial charge in [0.05, 0.1) is 12.1 Å². The van der Waals surface area contributed by atoms with E-state index in [-0.39, 0.29) is 18.9 Å². The third-order valence-corrected chi connectivity index (χ3v) is 3.78. The molecule has 6 heteroatoms. The standard InChI is InChI=1S/C13H22ClN3O2/c1-4-10(5-6-18)8-15-12(19)7-11-9(2)16-17(3)13(11)14/h10,18H,4-8H2,1-3H3,(H,15,19). The summed E-state index contributed by atoms with van der Waals surface area (Å²) in [6.45, 7) is 4.64. The number of halogens is 1. The minimum absolute atomic E-state index is 0.0608. The van der Waals surface area contributed by atoms with Crippen LogP contribution in [0.1, 0.15) is 31.0 Å². The smallest absolute Gasteiger partial charge is 0.224 e. The number of rotatable bonds is 7. The summed E-state index contributed by atoms with van der Waals surface area (Å²) in [4.78, 5) is 11.9. The second-order valence-electron chi connectivity index (χ2n) is 4.75. The van der Waals surface area contributed by atoms with Gasteiger partial charge in [-0.05, 0) is 19.3 Å². The monoisotopic (exact) mass is 287 g/mol. The normalized spacial score (nSPS) is 12.5. The average molecular weight is 288 g/mol. The van der Waals surface area contributed by atoms with Crippen LogP contribution >= 0.6 is 11.6 Å². The predicted octanol–water partition coefficient (Wildman–Crippen LogP) is 1.45. The first kappa shape index (κ1) is 16.0. The van der Waals surface area contributed by atoms with Crippen molar-refractivity contribution < 1.29 is 9.90 Å². The molecule has 1 amide bonds. The molecule has 0 radical (unpaired) electrons. The Morgan fingerprint density at radius 3 is 2.74 bits per heavy atom. The van der Waals surface area contributed by atoms with E-state index in [2.05, 4.69) is 17.3 Å². The number of carbonyl (C=O) groups is 1. The largest absolute Gasteiger partial charge is 0.396 e. The number of hydrogen-bond donors (Lipinski definition) is 2. The quantitative estimate of drug-likeness (QED) is 0.798. The minimum atomic E-state index is -0.0608. The maximum atomic E-state index is 11.9. The summed E-state index contributed by atoms with van der Waals surface area (Å²) < 4.78 is 1.57. The van der Waals surface area contributed by atoms with Gasteiger partial charge in [0.15, 0.2) is 0 Å². The molecule has 0 aliphatic heterocycles. The fourth-order valence-corrected chi connectivity index (χ4v) is 2.23. The molecular formula is C13H22ClN3O2. The van der Waals surface area contributed by atoms with Gasteiger partial charge in [0.2, 0.25) is 5.91 Å².